The maximum absolute atomic E-state index is 11.9. The summed E-state index contributed by atoms with van der Waals surface area (Å²) in [5, 5.41) is 6.29. The Balaban J connectivity index is 1.93. The molecule has 0 radical (unpaired) electrons. The van der Waals surface area contributed by atoms with Crippen LogP contribution in [-0.2, 0) is 4.79 Å². The van der Waals surface area contributed by atoms with Gasteiger partial charge in [0, 0.05) is 6.54 Å². The van der Waals surface area contributed by atoms with Crippen molar-refractivity contribution in [3.8, 4) is 0 Å². The molecular formula is C14H20N2O. The fraction of sp³-hybridized carbons (Fsp3) is 0.500. The number of carbonyl (C=O) groups excluding carboxylic acids is 1. The second-order valence-electron chi connectivity index (χ2n) is 4.83. The Morgan fingerprint density at radius 3 is 2.71 bits per heavy atom. The van der Waals surface area contributed by atoms with Gasteiger partial charge in [-0.3, -0.25) is 4.79 Å². The lowest BCUT2D eigenvalue weighted by atomic mass is 10.0. The molecule has 3 heteroatoms. The highest BCUT2D eigenvalue weighted by molar-refractivity contribution is 5.79. The van der Waals surface area contributed by atoms with E-state index in [0.29, 0.717) is 0 Å². The van der Waals surface area contributed by atoms with Crippen molar-refractivity contribution in [1.82, 2.24) is 10.6 Å². The number of aryl methyl sites for hydroxylation is 1. The lowest BCUT2D eigenvalue weighted by Gasteiger charge is -2.17. The molecule has 0 spiro atoms. The molecule has 1 fully saturated rings. The van der Waals surface area contributed by atoms with Crippen LogP contribution in [-0.4, -0.2) is 19.0 Å². The predicted octanol–water partition coefficient (Wildman–Crippen LogP) is 1.78. The smallest absolute Gasteiger partial charge is 0.224 e. The van der Waals surface area contributed by atoms with Crippen LogP contribution in [0.1, 0.15) is 30.5 Å². The molecule has 0 saturated carbocycles. The number of benzene rings is 1. The lowest BCUT2D eigenvalue weighted by Crippen LogP contribution is -2.33. The van der Waals surface area contributed by atoms with Crippen LogP contribution in [0.25, 0.3) is 0 Å². The van der Waals surface area contributed by atoms with Crippen molar-refractivity contribution in [3.05, 3.63) is 35.4 Å². The van der Waals surface area contributed by atoms with Gasteiger partial charge in [-0.1, -0.05) is 29.8 Å². The lowest BCUT2D eigenvalue weighted by molar-refractivity contribution is -0.125. The van der Waals surface area contributed by atoms with E-state index in [4.69, 9.17) is 0 Å². The Hall–Kier alpha value is -1.35. The molecule has 2 rings (SSSR count). The molecule has 0 bridgehead atoms. The van der Waals surface area contributed by atoms with Gasteiger partial charge in [-0.15, -0.1) is 0 Å². The van der Waals surface area contributed by atoms with Crippen LogP contribution in [0.4, 0.5) is 0 Å². The zero-order valence-electron chi connectivity index (χ0n) is 10.5. The molecule has 0 aromatic heterocycles. The normalized spacial score (nSPS) is 21.2. The topological polar surface area (TPSA) is 41.1 Å². The van der Waals surface area contributed by atoms with E-state index in [-0.39, 0.29) is 17.9 Å². The quantitative estimate of drug-likeness (QED) is 0.834. The molecule has 92 valence electrons. The maximum Gasteiger partial charge on any atom is 0.224 e. The minimum absolute atomic E-state index is 0.0868. The summed E-state index contributed by atoms with van der Waals surface area (Å²) >= 11 is 0. The number of carbonyl (C=O) groups is 1. The third kappa shape index (κ3) is 3.07. The minimum Gasteiger partial charge on any atom is -0.349 e. The first-order chi connectivity index (χ1) is 8.16. The molecule has 2 atom stereocenters. The fourth-order valence-electron chi connectivity index (χ4n) is 2.15. The molecule has 17 heavy (non-hydrogen) atoms. The monoisotopic (exact) mass is 232 g/mol. The Labute approximate surface area is 103 Å². The fourth-order valence-corrected chi connectivity index (χ4v) is 2.15. The summed E-state index contributed by atoms with van der Waals surface area (Å²) < 4.78 is 0. The summed E-state index contributed by atoms with van der Waals surface area (Å²) in [5.74, 6) is 0.311. The molecule has 3 nitrogen and oxygen atoms in total. The third-order valence-corrected chi connectivity index (χ3v) is 3.37. The highest BCUT2D eigenvalue weighted by Crippen LogP contribution is 2.15. The van der Waals surface area contributed by atoms with Crippen molar-refractivity contribution >= 4 is 5.91 Å². The first-order valence-corrected chi connectivity index (χ1v) is 6.24. The van der Waals surface area contributed by atoms with Crippen LogP contribution in [0, 0.1) is 12.8 Å². The highest BCUT2D eigenvalue weighted by Gasteiger charge is 2.23. The number of rotatable bonds is 3. The Morgan fingerprint density at radius 1 is 1.41 bits per heavy atom. The van der Waals surface area contributed by atoms with E-state index < -0.39 is 0 Å². The average molecular weight is 232 g/mol. The van der Waals surface area contributed by atoms with E-state index in [1.165, 1.54) is 5.56 Å². The van der Waals surface area contributed by atoms with Crippen molar-refractivity contribution in [2.45, 2.75) is 26.3 Å². The van der Waals surface area contributed by atoms with E-state index in [1.807, 2.05) is 6.92 Å². The van der Waals surface area contributed by atoms with Crippen molar-refractivity contribution in [2.24, 2.45) is 5.92 Å². The molecule has 2 unspecified atom stereocenters. The van der Waals surface area contributed by atoms with Crippen molar-refractivity contribution in [2.75, 3.05) is 13.1 Å². The molecule has 1 aromatic rings. The Morgan fingerprint density at radius 2 is 2.12 bits per heavy atom. The second kappa shape index (κ2) is 5.32. The van der Waals surface area contributed by atoms with Crippen LogP contribution >= 0.6 is 0 Å². The summed E-state index contributed by atoms with van der Waals surface area (Å²) in [6.45, 7) is 5.87. The SMILES string of the molecule is Cc1ccc(C(C)NC(=O)C2CCNC2)cc1. The summed E-state index contributed by atoms with van der Waals surface area (Å²) in [6.07, 6.45) is 0.951. The van der Waals surface area contributed by atoms with Crippen molar-refractivity contribution in [1.29, 1.82) is 0 Å². The zero-order valence-corrected chi connectivity index (χ0v) is 10.5. The van der Waals surface area contributed by atoms with Gasteiger partial charge in [-0.05, 0) is 32.4 Å². The van der Waals surface area contributed by atoms with Gasteiger partial charge in [0.15, 0.2) is 0 Å². The van der Waals surface area contributed by atoms with E-state index >= 15 is 0 Å². The molecule has 2 N–H and O–H groups in total. The van der Waals surface area contributed by atoms with Gasteiger partial charge in [0.05, 0.1) is 12.0 Å². The minimum atomic E-state index is 0.0868. The van der Waals surface area contributed by atoms with Gasteiger partial charge >= 0.3 is 0 Å². The van der Waals surface area contributed by atoms with Gasteiger partial charge in [-0.2, -0.15) is 0 Å². The van der Waals surface area contributed by atoms with E-state index in [1.54, 1.807) is 0 Å². The predicted molar refractivity (Wildman–Crippen MR) is 68.7 cm³/mol. The number of nitrogens with one attached hydrogen (secondary N) is 2. The number of hydrogen-bond acceptors (Lipinski definition) is 2. The summed E-state index contributed by atoms with van der Waals surface area (Å²) in [6, 6.07) is 8.40. The summed E-state index contributed by atoms with van der Waals surface area (Å²) in [4.78, 5) is 11.9. The van der Waals surface area contributed by atoms with Crippen LogP contribution < -0.4 is 10.6 Å². The maximum atomic E-state index is 11.9. The van der Waals surface area contributed by atoms with Gasteiger partial charge in [0.25, 0.3) is 0 Å². The first-order valence-electron chi connectivity index (χ1n) is 6.24. The first kappa shape index (κ1) is 12.1. The Bertz CT molecular complexity index is 380. The van der Waals surface area contributed by atoms with Crippen LogP contribution in [0.5, 0.6) is 0 Å². The zero-order chi connectivity index (χ0) is 12.3. The van der Waals surface area contributed by atoms with E-state index in [0.717, 1.165) is 25.1 Å². The van der Waals surface area contributed by atoms with Gasteiger partial charge in [-0.25, -0.2) is 0 Å². The molecular weight excluding hydrogens is 212 g/mol. The van der Waals surface area contributed by atoms with Crippen molar-refractivity contribution < 1.29 is 4.79 Å². The van der Waals surface area contributed by atoms with Crippen LogP contribution in [0.2, 0.25) is 0 Å². The summed E-state index contributed by atoms with van der Waals surface area (Å²) in [7, 11) is 0. The standard InChI is InChI=1S/C14H20N2O/c1-10-3-5-12(6-4-10)11(2)16-14(17)13-7-8-15-9-13/h3-6,11,13,15H,7-9H2,1-2H3,(H,16,17). The average Bonchev–Trinajstić information content (AvgIpc) is 2.83. The molecule has 1 amide bonds. The van der Waals surface area contributed by atoms with Gasteiger partial charge in [0.2, 0.25) is 5.91 Å². The molecule has 1 heterocycles. The second-order valence-corrected chi connectivity index (χ2v) is 4.83. The summed E-state index contributed by atoms with van der Waals surface area (Å²) in [5.41, 5.74) is 2.40. The van der Waals surface area contributed by atoms with Crippen molar-refractivity contribution in [3.63, 3.8) is 0 Å². The van der Waals surface area contributed by atoms with Crippen LogP contribution in [0.3, 0.4) is 0 Å². The van der Waals surface area contributed by atoms with E-state index in [9.17, 15) is 4.79 Å². The molecule has 1 aliphatic rings. The molecule has 1 saturated heterocycles. The number of amides is 1. The van der Waals surface area contributed by atoms with Gasteiger partial charge in [0.1, 0.15) is 0 Å². The number of hydrogen-bond donors (Lipinski definition) is 2. The van der Waals surface area contributed by atoms with E-state index in [2.05, 4.69) is 41.8 Å². The third-order valence-electron chi connectivity index (χ3n) is 3.37. The van der Waals surface area contributed by atoms with Gasteiger partial charge < -0.3 is 10.6 Å². The highest BCUT2D eigenvalue weighted by atomic mass is 16.2. The Kier molecular flexibility index (Phi) is 3.79. The largest absolute Gasteiger partial charge is 0.349 e. The van der Waals surface area contributed by atoms with Crippen LogP contribution in [0.15, 0.2) is 24.3 Å². The molecule has 1 aromatic carbocycles. The molecule has 0 aliphatic carbocycles. The molecule has 1 aliphatic heterocycles.